The molecule has 2 atom stereocenters. The molecule has 3 rings (SSSR count). The molecule has 0 aliphatic carbocycles. The number of aliphatic carboxylic acids is 1. The van der Waals surface area contributed by atoms with Gasteiger partial charge in [-0.15, -0.1) is 0 Å². The average molecular weight is 389 g/mol. The standard InChI is InChI=1S/C22H31NO5/c1-16-5-4-6-18(15-16)27-13-3-2-7-20(24)23-11-8-17(9-12-23)21-19(22(25)26)10-14-28-21/h4-6,15,17,19,21H,2-3,7-14H2,1H3,(H,25,26)/t19?,21-/m0/s1. The van der Waals surface area contributed by atoms with E-state index in [-0.39, 0.29) is 23.8 Å². The lowest BCUT2D eigenvalue weighted by atomic mass is 9.84. The van der Waals surface area contributed by atoms with Gasteiger partial charge in [-0.1, -0.05) is 12.1 Å². The summed E-state index contributed by atoms with van der Waals surface area (Å²) < 4.78 is 11.4. The molecular weight excluding hydrogens is 358 g/mol. The van der Waals surface area contributed by atoms with E-state index in [4.69, 9.17) is 9.47 Å². The number of piperidine rings is 1. The third-order valence-electron chi connectivity index (χ3n) is 5.85. The van der Waals surface area contributed by atoms with Crippen molar-refractivity contribution in [3.05, 3.63) is 29.8 Å². The number of hydrogen-bond acceptors (Lipinski definition) is 4. The number of hydrogen-bond donors (Lipinski definition) is 1. The monoisotopic (exact) mass is 389 g/mol. The third kappa shape index (κ3) is 5.47. The molecule has 28 heavy (non-hydrogen) atoms. The van der Waals surface area contributed by atoms with Crippen LogP contribution in [0.15, 0.2) is 24.3 Å². The highest BCUT2D eigenvalue weighted by Gasteiger charge is 2.40. The highest BCUT2D eigenvalue weighted by molar-refractivity contribution is 5.76. The Morgan fingerprint density at radius 3 is 2.71 bits per heavy atom. The van der Waals surface area contributed by atoms with Crippen molar-refractivity contribution in [3.63, 3.8) is 0 Å². The van der Waals surface area contributed by atoms with Gasteiger partial charge in [-0.05, 0) is 62.6 Å². The van der Waals surface area contributed by atoms with Crippen LogP contribution in [-0.4, -0.2) is 54.3 Å². The Labute approximate surface area is 166 Å². The van der Waals surface area contributed by atoms with Crippen LogP contribution < -0.4 is 4.74 Å². The molecule has 0 aromatic heterocycles. The van der Waals surface area contributed by atoms with Gasteiger partial charge in [0.1, 0.15) is 5.75 Å². The summed E-state index contributed by atoms with van der Waals surface area (Å²) >= 11 is 0. The van der Waals surface area contributed by atoms with E-state index in [0.29, 0.717) is 39.1 Å². The van der Waals surface area contributed by atoms with Crippen molar-refractivity contribution in [1.82, 2.24) is 4.90 Å². The van der Waals surface area contributed by atoms with Crippen LogP contribution in [0.25, 0.3) is 0 Å². The zero-order valence-corrected chi connectivity index (χ0v) is 16.6. The van der Waals surface area contributed by atoms with Crippen molar-refractivity contribution < 1.29 is 24.2 Å². The van der Waals surface area contributed by atoms with E-state index in [0.717, 1.165) is 31.4 Å². The molecule has 0 radical (unpaired) electrons. The van der Waals surface area contributed by atoms with E-state index in [1.54, 1.807) is 0 Å². The molecule has 1 N–H and O–H groups in total. The van der Waals surface area contributed by atoms with Crippen molar-refractivity contribution >= 4 is 11.9 Å². The summed E-state index contributed by atoms with van der Waals surface area (Å²) in [4.78, 5) is 25.7. The second kappa shape index (κ2) is 9.92. The van der Waals surface area contributed by atoms with Crippen LogP contribution in [0.5, 0.6) is 5.75 Å². The van der Waals surface area contributed by atoms with Crippen molar-refractivity contribution in [2.75, 3.05) is 26.3 Å². The van der Waals surface area contributed by atoms with Crippen molar-refractivity contribution in [2.24, 2.45) is 11.8 Å². The Bertz CT molecular complexity index is 669. The molecule has 2 fully saturated rings. The minimum Gasteiger partial charge on any atom is -0.494 e. The summed E-state index contributed by atoms with van der Waals surface area (Å²) in [6, 6.07) is 7.98. The normalized spacial score (nSPS) is 23.0. The summed E-state index contributed by atoms with van der Waals surface area (Å²) in [5.74, 6) is 0.170. The predicted molar refractivity (Wildman–Crippen MR) is 105 cm³/mol. The van der Waals surface area contributed by atoms with Crippen LogP contribution in [0.4, 0.5) is 0 Å². The zero-order chi connectivity index (χ0) is 19.9. The van der Waals surface area contributed by atoms with E-state index in [9.17, 15) is 14.7 Å². The van der Waals surface area contributed by atoms with Crippen LogP contribution in [0.3, 0.4) is 0 Å². The number of aryl methyl sites for hydroxylation is 1. The number of carboxylic acids is 1. The number of ether oxygens (including phenoxy) is 2. The Morgan fingerprint density at radius 1 is 1.21 bits per heavy atom. The Kier molecular flexibility index (Phi) is 7.31. The van der Waals surface area contributed by atoms with Crippen LogP contribution in [0, 0.1) is 18.8 Å². The molecule has 1 aromatic carbocycles. The minimum absolute atomic E-state index is 0.187. The van der Waals surface area contributed by atoms with Crippen molar-refractivity contribution in [2.45, 2.75) is 51.6 Å². The second-order valence-electron chi connectivity index (χ2n) is 7.91. The van der Waals surface area contributed by atoms with Gasteiger partial charge in [0.25, 0.3) is 0 Å². The van der Waals surface area contributed by atoms with Gasteiger partial charge in [0.05, 0.1) is 18.6 Å². The fraction of sp³-hybridized carbons (Fsp3) is 0.636. The number of nitrogens with zero attached hydrogens (tertiary/aromatic N) is 1. The smallest absolute Gasteiger partial charge is 0.309 e. The van der Waals surface area contributed by atoms with E-state index in [2.05, 4.69) is 0 Å². The maximum Gasteiger partial charge on any atom is 0.309 e. The zero-order valence-electron chi connectivity index (χ0n) is 16.6. The predicted octanol–water partition coefficient (Wildman–Crippen LogP) is 3.27. The number of benzene rings is 1. The van der Waals surface area contributed by atoms with Crippen LogP contribution >= 0.6 is 0 Å². The summed E-state index contributed by atoms with van der Waals surface area (Å²) in [6.45, 7) is 4.60. The maximum absolute atomic E-state index is 12.4. The van der Waals surface area contributed by atoms with Gasteiger partial charge in [-0.2, -0.15) is 0 Å². The highest BCUT2D eigenvalue weighted by atomic mass is 16.5. The van der Waals surface area contributed by atoms with Gasteiger partial charge in [-0.25, -0.2) is 0 Å². The first kappa shape index (κ1) is 20.6. The van der Waals surface area contributed by atoms with Gasteiger partial charge in [0.2, 0.25) is 5.91 Å². The Hall–Kier alpha value is -2.08. The quantitative estimate of drug-likeness (QED) is 0.691. The van der Waals surface area contributed by atoms with E-state index < -0.39 is 5.97 Å². The number of carbonyl (C=O) groups is 2. The van der Waals surface area contributed by atoms with Crippen LogP contribution in [-0.2, 0) is 14.3 Å². The molecule has 1 unspecified atom stereocenters. The minimum atomic E-state index is -0.756. The van der Waals surface area contributed by atoms with Crippen LogP contribution in [0.1, 0.15) is 44.1 Å². The van der Waals surface area contributed by atoms with Gasteiger partial charge < -0.3 is 19.5 Å². The number of carbonyl (C=O) groups excluding carboxylic acids is 1. The number of rotatable bonds is 8. The molecule has 154 valence electrons. The number of amides is 1. The molecule has 2 saturated heterocycles. The van der Waals surface area contributed by atoms with Gasteiger partial charge in [0, 0.05) is 26.1 Å². The summed E-state index contributed by atoms with van der Waals surface area (Å²) in [5.41, 5.74) is 1.17. The Morgan fingerprint density at radius 2 is 2.00 bits per heavy atom. The number of likely N-dealkylation sites (tertiary alicyclic amines) is 1. The summed E-state index contributed by atoms with van der Waals surface area (Å²) in [6.07, 6.45) is 4.29. The van der Waals surface area contributed by atoms with Gasteiger partial charge >= 0.3 is 5.97 Å². The lowest BCUT2D eigenvalue weighted by Gasteiger charge is -2.35. The molecule has 2 aliphatic rings. The first-order chi connectivity index (χ1) is 13.5. The fourth-order valence-electron chi connectivity index (χ4n) is 4.25. The molecule has 1 amide bonds. The first-order valence-corrected chi connectivity index (χ1v) is 10.4. The maximum atomic E-state index is 12.4. The van der Waals surface area contributed by atoms with Gasteiger partial charge in [-0.3, -0.25) is 9.59 Å². The van der Waals surface area contributed by atoms with E-state index in [1.807, 2.05) is 36.1 Å². The SMILES string of the molecule is Cc1cccc(OCCCCC(=O)N2CCC([C@@H]3OCCC3C(=O)O)CC2)c1. The number of carboxylic acid groups (broad SMARTS) is 1. The summed E-state index contributed by atoms with van der Waals surface area (Å²) in [7, 11) is 0. The lowest BCUT2D eigenvalue weighted by Crippen LogP contribution is -2.43. The molecule has 2 aliphatic heterocycles. The molecule has 0 bridgehead atoms. The average Bonchev–Trinajstić information content (AvgIpc) is 3.18. The lowest BCUT2D eigenvalue weighted by molar-refractivity contribution is -0.146. The van der Waals surface area contributed by atoms with E-state index >= 15 is 0 Å². The molecule has 6 heteroatoms. The number of unbranched alkanes of at least 4 members (excludes halogenated alkanes) is 1. The molecule has 0 saturated carbocycles. The third-order valence-corrected chi connectivity index (χ3v) is 5.85. The fourth-order valence-corrected chi connectivity index (χ4v) is 4.25. The highest BCUT2D eigenvalue weighted by Crippen LogP contribution is 2.33. The molecule has 0 spiro atoms. The Balaban J connectivity index is 1.32. The van der Waals surface area contributed by atoms with Crippen LogP contribution in [0.2, 0.25) is 0 Å². The van der Waals surface area contributed by atoms with Crippen molar-refractivity contribution in [3.8, 4) is 5.75 Å². The van der Waals surface area contributed by atoms with E-state index in [1.165, 1.54) is 5.56 Å². The second-order valence-corrected chi connectivity index (χ2v) is 7.91. The first-order valence-electron chi connectivity index (χ1n) is 10.4. The van der Waals surface area contributed by atoms with Gasteiger partial charge in [0.15, 0.2) is 0 Å². The van der Waals surface area contributed by atoms with Crippen molar-refractivity contribution in [1.29, 1.82) is 0 Å². The summed E-state index contributed by atoms with van der Waals surface area (Å²) in [5, 5.41) is 9.33. The molecular formula is C22H31NO5. The topological polar surface area (TPSA) is 76.1 Å². The largest absolute Gasteiger partial charge is 0.494 e. The molecule has 6 nitrogen and oxygen atoms in total. The molecule has 1 aromatic rings. The molecule has 2 heterocycles.